The lowest BCUT2D eigenvalue weighted by molar-refractivity contribution is -0.138. The molecule has 1 heterocycles. The van der Waals surface area contributed by atoms with Gasteiger partial charge in [0.1, 0.15) is 0 Å². The molecule has 10 heteroatoms. The van der Waals surface area contributed by atoms with Crippen molar-refractivity contribution in [1.82, 2.24) is 4.90 Å². The van der Waals surface area contributed by atoms with Gasteiger partial charge in [0.05, 0.1) is 43.1 Å². The third-order valence-electron chi connectivity index (χ3n) is 4.07. The summed E-state index contributed by atoms with van der Waals surface area (Å²) in [5, 5.41) is 11.2. The predicted octanol–water partition coefficient (Wildman–Crippen LogP) is 1.89. The molecular weight excluding hydrogens is 367 g/mol. The predicted molar refractivity (Wildman–Crippen MR) is 92.9 cm³/mol. The number of anilines is 2. The van der Waals surface area contributed by atoms with E-state index in [-0.39, 0.29) is 25.2 Å². The molecule has 1 amide bonds. The molecule has 27 heavy (non-hydrogen) atoms. The van der Waals surface area contributed by atoms with Crippen molar-refractivity contribution in [3.05, 3.63) is 23.8 Å². The van der Waals surface area contributed by atoms with Gasteiger partial charge in [0.25, 0.3) is 0 Å². The molecule has 0 saturated carbocycles. The fraction of sp³-hybridized carbons (Fsp3) is 0.529. The number of morpholine rings is 1. The number of aliphatic carboxylic acids is 1. The van der Waals surface area contributed by atoms with E-state index in [1.807, 2.05) is 4.90 Å². The molecule has 1 aromatic rings. The van der Waals surface area contributed by atoms with Gasteiger partial charge in [-0.05, 0) is 25.2 Å². The first-order valence-electron chi connectivity index (χ1n) is 8.41. The number of amides is 1. The summed E-state index contributed by atoms with van der Waals surface area (Å²) in [4.78, 5) is 26.2. The number of carboxylic acids is 1. The maximum atomic E-state index is 13.1. The highest BCUT2D eigenvalue weighted by Crippen LogP contribution is 2.35. The first-order valence-corrected chi connectivity index (χ1v) is 8.41. The van der Waals surface area contributed by atoms with Crippen LogP contribution < -0.4 is 10.2 Å². The Morgan fingerprint density at radius 3 is 2.56 bits per heavy atom. The number of carboxylic acid groups (broad SMARTS) is 1. The van der Waals surface area contributed by atoms with Crippen molar-refractivity contribution < 1.29 is 32.6 Å². The number of carbonyl (C=O) groups excluding carboxylic acids is 1. The Balaban J connectivity index is 2.15. The monoisotopic (exact) mass is 389 g/mol. The Morgan fingerprint density at radius 1 is 1.30 bits per heavy atom. The van der Waals surface area contributed by atoms with Crippen molar-refractivity contribution >= 4 is 23.3 Å². The van der Waals surface area contributed by atoms with Crippen LogP contribution in [-0.4, -0.2) is 68.3 Å². The van der Waals surface area contributed by atoms with Crippen LogP contribution in [0.4, 0.5) is 24.5 Å². The van der Waals surface area contributed by atoms with E-state index >= 15 is 0 Å². The van der Waals surface area contributed by atoms with Gasteiger partial charge in [0.2, 0.25) is 5.91 Å². The Morgan fingerprint density at radius 2 is 1.96 bits per heavy atom. The van der Waals surface area contributed by atoms with Gasteiger partial charge < -0.3 is 20.1 Å². The zero-order valence-electron chi connectivity index (χ0n) is 14.9. The van der Waals surface area contributed by atoms with Crippen LogP contribution in [0.25, 0.3) is 0 Å². The summed E-state index contributed by atoms with van der Waals surface area (Å²) in [5.41, 5.74) is -0.287. The molecule has 1 fully saturated rings. The Hall–Kier alpha value is -2.33. The average molecular weight is 389 g/mol. The summed E-state index contributed by atoms with van der Waals surface area (Å²) >= 11 is 0. The highest BCUT2D eigenvalue weighted by molar-refractivity contribution is 5.95. The molecule has 1 aromatic carbocycles. The van der Waals surface area contributed by atoms with Crippen LogP contribution in [0.5, 0.6) is 0 Å². The zero-order chi connectivity index (χ0) is 20.0. The second-order valence-corrected chi connectivity index (χ2v) is 6.26. The van der Waals surface area contributed by atoms with Crippen LogP contribution in [0.15, 0.2) is 18.2 Å². The van der Waals surface area contributed by atoms with Gasteiger partial charge in [-0.3, -0.25) is 14.5 Å². The molecule has 1 aliphatic heterocycles. The molecule has 0 unspecified atom stereocenters. The number of hydrogen-bond donors (Lipinski definition) is 2. The van der Waals surface area contributed by atoms with Crippen molar-refractivity contribution in [3.63, 3.8) is 0 Å². The SMILES string of the molecule is CN(CCC(=O)O)CC(=O)Nc1cc(C(F)(F)F)ccc1N1CCOCC1. The van der Waals surface area contributed by atoms with Crippen LogP contribution >= 0.6 is 0 Å². The van der Waals surface area contributed by atoms with Crippen LogP contribution in [-0.2, 0) is 20.5 Å². The van der Waals surface area contributed by atoms with E-state index < -0.39 is 23.6 Å². The van der Waals surface area contributed by atoms with Crippen molar-refractivity contribution in [1.29, 1.82) is 0 Å². The van der Waals surface area contributed by atoms with Crippen LogP contribution in [0.2, 0.25) is 0 Å². The lowest BCUT2D eigenvalue weighted by atomic mass is 10.1. The third-order valence-corrected chi connectivity index (χ3v) is 4.07. The smallest absolute Gasteiger partial charge is 0.416 e. The summed E-state index contributed by atoms with van der Waals surface area (Å²) in [5.74, 6) is -1.51. The highest BCUT2D eigenvalue weighted by Gasteiger charge is 2.32. The number of benzene rings is 1. The molecule has 0 atom stereocenters. The van der Waals surface area contributed by atoms with Crippen LogP contribution in [0.3, 0.4) is 0 Å². The van der Waals surface area contributed by atoms with E-state index in [1.54, 1.807) is 7.05 Å². The zero-order valence-corrected chi connectivity index (χ0v) is 14.9. The second-order valence-electron chi connectivity index (χ2n) is 6.26. The minimum Gasteiger partial charge on any atom is -0.481 e. The number of likely N-dealkylation sites (N-methyl/N-ethyl adjacent to an activating group) is 1. The van der Waals surface area contributed by atoms with E-state index in [4.69, 9.17) is 9.84 Å². The Labute approximate surface area is 154 Å². The van der Waals surface area contributed by atoms with Crippen molar-refractivity contribution in [2.24, 2.45) is 0 Å². The number of nitrogens with one attached hydrogen (secondary N) is 1. The molecule has 2 N–H and O–H groups in total. The van der Waals surface area contributed by atoms with Gasteiger partial charge in [-0.2, -0.15) is 13.2 Å². The molecule has 1 aliphatic rings. The number of carbonyl (C=O) groups is 2. The topological polar surface area (TPSA) is 82.1 Å². The molecule has 7 nitrogen and oxygen atoms in total. The lowest BCUT2D eigenvalue weighted by Gasteiger charge is -2.31. The largest absolute Gasteiger partial charge is 0.481 e. The van der Waals surface area contributed by atoms with Gasteiger partial charge >= 0.3 is 12.1 Å². The van der Waals surface area contributed by atoms with Crippen LogP contribution in [0, 0.1) is 0 Å². The number of rotatable bonds is 7. The van der Waals surface area contributed by atoms with Crippen molar-refractivity contribution in [3.8, 4) is 0 Å². The molecule has 1 saturated heterocycles. The van der Waals surface area contributed by atoms with E-state index in [0.29, 0.717) is 32.0 Å². The van der Waals surface area contributed by atoms with Crippen LogP contribution in [0.1, 0.15) is 12.0 Å². The third kappa shape index (κ3) is 6.40. The number of nitrogens with zero attached hydrogens (tertiary/aromatic N) is 2. The highest BCUT2D eigenvalue weighted by atomic mass is 19.4. The minimum absolute atomic E-state index is 0.0726. The maximum absolute atomic E-state index is 13.1. The molecule has 0 spiro atoms. The summed E-state index contributed by atoms with van der Waals surface area (Å²) in [6.45, 7) is 1.94. The quantitative estimate of drug-likeness (QED) is 0.741. The first-order chi connectivity index (χ1) is 12.7. The molecule has 0 radical (unpaired) electrons. The molecule has 2 rings (SSSR count). The van der Waals surface area contributed by atoms with E-state index in [9.17, 15) is 22.8 Å². The van der Waals surface area contributed by atoms with Gasteiger partial charge in [0.15, 0.2) is 0 Å². The molecule has 0 aromatic heterocycles. The van der Waals surface area contributed by atoms with Crippen molar-refractivity contribution in [2.45, 2.75) is 12.6 Å². The number of hydrogen-bond acceptors (Lipinski definition) is 5. The fourth-order valence-corrected chi connectivity index (χ4v) is 2.69. The summed E-state index contributed by atoms with van der Waals surface area (Å²) in [6, 6.07) is 3.25. The number of ether oxygens (including phenoxy) is 1. The van der Waals surface area contributed by atoms with Gasteiger partial charge in [-0.15, -0.1) is 0 Å². The Kier molecular flexibility index (Phi) is 7.03. The average Bonchev–Trinajstić information content (AvgIpc) is 2.60. The molecule has 0 bridgehead atoms. The molecule has 150 valence electrons. The first kappa shape index (κ1) is 21.0. The summed E-state index contributed by atoms with van der Waals surface area (Å²) in [6.07, 6.45) is -4.66. The minimum atomic E-state index is -4.53. The molecule has 0 aliphatic carbocycles. The normalized spacial score (nSPS) is 15.1. The summed E-state index contributed by atoms with van der Waals surface area (Å²) in [7, 11) is 1.57. The van der Waals surface area contributed by atoms with Gasteiger partial charge in [0, 0.05) is 19.6 Å². The van der Waals surface area contributed by atoms with E-state index in [1.165, 1.54) is 11.0 Å². The second kappa shape index (κ2) is 9.05. The lowest BCUT2D eigenvalue weighted by Crippen LogP contribution is -2.37. The van der Waals surface area contributed by atoms with E-state index in [2.05, 4.69) is 5.32 Å². The Bertz CT molecular complexity index is 676. The fourth-order valence-electron chi connectivity index (χ4n) is 2.69. The maximum Gasteiger partial charge on any atom is 0.416 e. The van der Waals surface area contributed by atoms with Gasteiger partial charge in [-0.25, -0.2) is 0 Å². The standard InChI is InChI=1S/C17H22F3N3O4/c1-22(5-4-16(25)26)11-15(24)21-13-10-12(17(18,19)20)2-3-14(13)23-6-8-27-9-7-23/h2-3,10H,4-9,11H2,1H3,(H,21,24)(H,25,26). The van der Waals surface area contributed by atoms with Crippen molar-refractivity contribution in [2.75, 3.05) is 56.7 Å². The number of halogens is 3. The summed E-state index contributed by atoms with van der Waals surface area (Å²) < 4.78 is 44.4. The van der Waals surface area contributed by atoms with Gasteiger partial charge in [-0.1, -0.05) is 0 Å². The number of alkyl halides is 3. The van der Waals surface area contributed by atoms with E-state index in [0.717, 1.165) is 12.1 Å². The molecular formula is C17H22F3N3O4.